The number of hydrogen-bond acceptors (Lipinski definition) is 3. The number of carbonyl (C=O) groups excluding carboxylic acids is 1. The summed E-state index contributed by atoms with van der Waals surface area (Å²) in [4.78, 5) is 13.2. The summed E-state index contributed by atoms with van der Waals surface area (Å²) in [6, 6.07) is 4.83. The van der Waals surface area contributed by atoms with Crippen LogP contribution >= 0.6 is 11.6 Å². The quantitative estimate of drug-likeness (QED) is 0.857. The Labute approximate surface area is 112 Å². The lowest BCUT2D eigenvalue weighted by atomic mass is 10.1. The zero-order valence-electron chi connectivity index (χ0n) is 10.4. The molecule has 0 atom stereocenters. The van der Waals surface area contributed by atoms with Crippen molar-refractivity contribution in [3.63, 3.8) is 0 Å². The summed E-state index contributed by atoms with van der Waals surface area (Å²) in [5, 5.41) is -0.529. The molecule has 5 nitrogen and oxygen atoms in total. The van der Waals surface area contributed by atoms with E-state index in [-0.39, 0.29) is 5.91 Å². The fourth-order valence-electron chi connectivity index (χ4n) is 1.32. The molecule has 0 spiro atoms. The molecule has 1 rings (SSSR count). The Hall–Kier alpha value is -1.27. The van der Waals surface area contributed by atoms with Gasteiger partial charge in [0.2, 0.25) is 10.0 Å². The molecule has 1 aromatic rings. The van der Waals surface area contributed by atoms with Crippen LogP contribution in [0.25, 0.3) is 0 Å². The van der Waals surface area contributed by atoms with E-state index in [2.05, 4.69) is 4.72 Å². The fraction of sp³-hybridized carbons (Fsp3) is 0.364. The third kappa shape index (κ3) is 3.61. The third-order valence-electron chi connectivity index (χ3n) is 2.30. The molecule has 0 aliphatic carbocycles. The first-order chi connectivity index (χ1) is 8.26. The number of benzene rings is 1. The topological polar surface area (TPSA) is 66.5 Å². The van der Waals surface area contributed by atoms with Gasteiger partial charge in [-0.25, -0.2) is 8.42 Å². The van der Waals surface area contributed by atoms with Crippen LogP contribution in [0, 0.1) is 6.92 Å². The zero-order chi connectivity index (χ0) is 13.9. The maximum absolute atomic E-state index is 11.8. The summed E-state index contributed by atoms with van der Waals surface area (Å²) in [6.45, 7) is 1.75. The van der Waals surface area contributed by atoms with Crippen molar-refractivity contribution in [3.05, 3.63) is 29.3 Å². The van der Waals surface area contributed by atoms with E-state index in [0.717, 1.165) is 5.56 Å². The van der Waals surface area contributed by atoms with Gasteiger partial charge in [0.15, 0.2) is 0 Å². The van der Waals surface area contributed by atoms with Gasteiger partial charge in [0.05, 0.1) is 5.69 Å². The predicted octanol–water partition coefficient (Wildman–Crippen LogP) is 1.63. The smallest absolute Gasteiger partial charge is 0.253 e. The molecular weight excluding hydrogens is 276 g/mol. The van der Waals surface area contributed by atoms with Crippen LogP contribution in [-0.2, 0) is 10.0 Å². The molecule has 0 bridgehead atoms. The Morgan fingerprint density at radius 2 is 2.00 bits per heavy atom. The van der Waals surface area contributed by atoms with Gasteiger partial charge in [-0.1, -0.05) is 6.07 Å². The maximum atomic E-state index is 11.8. The molecule has 0 saturated heterocycles. The van der Waals surface area contributed by atoms with Crippen LogP contribution < -0.4 is 4.72 Å². The van der Waals surface area contributed by atoms with E-state index in [4.69, 9.17) is 11.6 Å². The van der Waals surface area contributed by atoms with Crippen LogP contribution in [0.1, 0.15) is 15.9 Å². The highest BCUT2D eigenvalue weighted by molar-refractivity contribution is 7.93. The first-order valence-electron chi connectivity index (χ1n) is 5.15. The van der Waals surface area contributed by atoms with E-state index in [1.165, 1.54) is 11.0 Å². The molecule has 0 heterocycles. The number of hydrogen-bond donors (Lipinski definition) is 1. The number of rotatable bonds is 4. The summed E-state index contributed by atoms with van der Waals surface area (Å²) in [7, 11) is -0.308. The number of halogens is 1. The van der Waals surface area contributed by atoms with E-state index >= 15 is 0 Å². The highest BCUT2D eigenvalue weighted by atomic mass is 35.5. The lowest BCUT2D eigenvalue weighted by molar-refractivity contribution is 0.0827. The van der Waals surface area contributed by atoms with Gasteiger partial charge in [-0.2, -0.15) is 0 Å². The van der Waals surface area contributed by atoms with Crippen molar-refractivity contribution in [1.82, 2.24) is 4.90 Å². The summed E-state index contributed by atoms with van der Waals surface area (Å²) in [5.41, 5.74) is 1.50. The molecule has 0 fully saturated rings. The lowest BCUT2D eigenvalue weighted by Gasteiger charge is -2.13. The standard InChI is InChI=1S/C11H15ClN2O3S/c1-8-4-5-9(11(15)14(2)3)6-10(8)13-18(16,17)7-12/h4-6,13H,7H2,1-3H3. The first kappa shape index (κ1) is 14.8. The van der Waals surface area contributed by atoms with Crippen molar-refractivity contribution in [2.75, 3.05) is 24.0 Å². The highest BCUT2D eigenvalue weighted by Gasteiger charge is 2.13. The van der Waals surface area contributed by atoms with E-state index in [0.29, 0.717) is 11.3 Å². The average molecular weight is 291 g/mol. The van der Waals surface area contributed by atoms with Gasteiger partial charge in [0.1, 0.15) is 5.21 Å². The molecule has 0 aromatic heterocycles. The Kier molecular flexibility index (Phi) is 4.59. The normalized spacial score (nSPS) is 11.1. The molecule has 1 aromatic carbocycles. The molecular formula is C11H15ClN2O3S. The minimum atomic E-state index is -3.57. The molecule has 1 N–H and O–H groups in total. The molecule has 0 radical (unpaired) electrons. The SMILES string of the molecule is Cc1ccc(C(=O)N(C)C)cc1NS(=O)(=O)CCl. The summed E-state index contributed by atoms with van der Waals surface area (Å²) in [5.74, 6) is -0.193. The Balaban J connectivity index is 3.14. The second-order valence-electron chi connectivity index (χ2n) is 4.06. The fourth-order valence-corrected chi connectivity index (χ4v) is 2.09. The van der Waals surface area contributed by atoms with Crippen molar-refractivity contribution >= 4 is 33.2 Å². The molecule has 0 aliphatic rings. The number of nitrogens with zero attached hydrogens (tertiary/aromatic N) is 1. The van der Waals surface area contributed by atoms with Crippen molar-refractivity contribution < 1.29 is 13.2 Å². The lowest BCUT2D eigenvalue weighted by Crippen LogP contribution is -2.22. The average Bonchev–Trinajstić information content (AvgIpc) is 2.30. The van der Waals surface area contributed by atoms with Crippen molar-refractivity contribution in [1.29, 1.82) is 0 Å². The zero-order valence-corrected chi connectivity index (χ0v) is 12.0. The molecule has 100 valence electrons. The van der Waals surface area contributed by atoms with Crippen LogP contribution in [0.2, 0.25) is 0 Å². The number of nitrogens with one attached hydrogen (secondary N) is 1. The number of alkyl halides is 1. The molecule has 1 amide bonds. The van der Waals surface area contributed by atoms with E-state index in [1.807, 2.05) is 0 Å². The maximum Gasteiger partial charge on any atom is 0.253 e. The van der Waals surface area contributed by atoms with E-state index < -0.39 is 15.2 Å². The van der Waals surface area contributed by atoms with Crippen molar-refractivity contribution in [2.24, 2.45) is 0 Å². The van der Waals surface area contributed by atoms with Crippen molar-refractivity contribution in [2.45, 2.75) is 6.92 Å². The monoisotopic (exact) mass is 290 g/mol. The number of carbonyl (C=O) groups is 1. The summed E-state index contributed by atoms with van der Waals surface area (Å²) in [6.07, 6.45) is 0. The van der Waals surface area contributed by atoms with Gasteiger partial charge in [0.25, 0.3) is 5.91 Å². The number of anilines is 1. The summed E-state index contributed by atoms with van der Waals surface area (Å²) < 4.78 is 25.1. The second-order valence-corrected chi connectivity index (χ2v) is 6.36. The predicted molar refractivity (Wildman–Crippen MR) is 72.5 cm³/mol. The number of sulfonamides is 1. The number of amides is 1. The van der Waals surface area contributed by atoms with Crippen LogP contribution in [0.15, 0.2) is 18.2 Å². The van der Waals surface area contributed by atoms with Crippen LogP contribution in [0.3, 0.4) is 0 Å². The van der Waals surface area contributed by atoms with Gasteiger partial charge in [0, 0.05) is 19.7 Å². The highest BCUT2D eigenvalue weighted by Crippen LogP contribution is 2.19. The molecule has 0 aliphatic heterocycles. The minimum absolute atomic E-state index is 0.193. The van der Waals surface area contributed by atoms with Crippen LogP contribution in [0.4, 0.5) is 5.69 Å². The number of aryl methyl sites for hydroxylation is 1. The molecule has 0 unspecified atom stereocenters. The third-order valence-corrected chi connectivity index (χ3v) is 3.98. The van der Waals surface area contributed by atoms with Gasteiger partial charge in [-0.05, 0) is 24.6 Å². The minimum Gasteiger partial charge on any atom is -0.345 e. The first-order valence-corrected chi connectivity index (χ1v) is 7.34. The van der Waals surface area contributed by atoms with Gasteiger partial charge < -0.3 is 4.90 Å². The largest absolute Gasteiger partial charge is 0.345 e. The molecule has 7 heteroatoms. The Morgan fingerprint density at radius 1 is 1.39 bits per heavy atom. The second kappa shape index (κ2) is 5.58. The van der Waals surface area contributed by atoms with Gasteiger partial charge in [-0.15, -0.1) is 11.6 Å². The van der Waals surface area contributed by atoms with Crippen LogP contribution in [0.5, 0.6) is 0 Å². The Bertz CT molecular complexity index is 555. The van der Waals surface area contributed by atoms with E-state index in [9.17, 15) is 13.2 Å². The van der Waals surface area contributed by atoms with Crippen LogP contribution in [-0.4, -0.2) is 38.5 Å². The van der Waals surface area contributed by atoms with Gasteiger partial charge >= 0.3 is 0 Å². The summed E-state index contributed by atoms with van der Waals surface area (Å²) >= 11 is 5.32. The molecule has 0 saturated carbocycles. The van der Waals surface area contributed by atoms with Crippen molar-refractivity contribution in [3.8, 4) is 0 Å². The molecule has 18 heavy (non-hydrogen) atoms. The van der Waals surface area contributed by atoms with Gasteiger partial charge in [-0.3, -0.25) is 9.52 Å². The van der Waals surface area contributed by atoms with E-state index in [1.54, 1.807) is 33.2 Å². The Morgan fingerprint density at radius 3 is 2.50 bits per heavy atom.